The van der Waals surface area contributed by atoms with Crippen molar-refractivity contribution in [2.24, 2.45) is 0 Å². The van der Waals surface area contributed by atoms with Crippen LogP contribution in [0.1, 0.15) is 36.8 Å². The second-order valence-corrected chi connectivity index (χ2v) is 6.65. The fraction of sp³-hybridized carbons (Fsp3) is 0.412. The first-order valence-electron chi connectivity index (χ1n) is 7.38. The maximum absolute atomic E-state index is 6.48. The van der Waals surface area contributed by atoms with Crippen LogP contribution in [0.15, 0.2) is 35.7 Å². The molecular formula is C17H23ClN2S. The summed E-state index contributed by atoms with van der Waals surface area (Å²) in [5.41, 5.74) is 2.31. The largest absolute Gasteiger partial charge is 0.366 e. The van der Waals surface area contributed by atoms with Gasteiger partial charge in [-0.25, -0.2) is 0 Å². The highest BCUT2D eigenvalue weighted by Gasteiger charge is 2.15. The van der Waals surface area contributed by atoms with Crippen molar-refractivity contribution in [1.82, 2.24) is 5.32 Å². The Bertz CT molecular complexity index is 554. The highest BCUT2D eigenvalue weighted by atomic mass is 35.5. The third-order valence-electron chi connectivity index (χ3n) is 3.68. The van der Waals surface area contributed by atoms with Crippen molar-refractivity contribution < 1.29 is 0 Å². The monoisotopic (exact) mass is 322 g/mol. The number of halogens is 1. The number of rotatable bonds is 7. The Morgan fingerprint density at radius 1 is 1.33 bits per heavy atom. The van der Waals surface area contributed by atoms with Gasteiger partial charge >= 0.3 is 0 Å². The van der Waals surface area contributed by atoms with Crippen molar-refractivity contribution in [1.29, 1.82) is 0 Å². The molecule has 0 aliphatic carbocycles. The quantitative estimate of drug-likeness (QED) is 0.713. The topological polar surface area (TPSA) is 15.3 Å². The zero-order chi connectivity index (χ0) is 15.2. The standard InChI is InChI=1S/C17H23ClN2S/c1-4-9-19-12-14-7-8-16(15(18)11-14)20(3)13(2)17-6-5-10-21-17/h5-8,10-11,13,19H,4,9,12H2,1-3H3. The molecular weight excluding hydrogens is 300 g/mol. The lowest BCUT2D eigenvalue weighted by Crippen LogP contribution is -2.21. The Hall–Kier alpha value is -1.03. The minimum Gasteiger partial charge on any atom is -0.366 e. The van der Waals surface area contributed by atoms with Gasteiger partial charge in [-0.3, -0.25) is 0 Å². The molecule has 1 unspecified atom stereocenters. The number of hydrogen-bond acceptors (Lipinski definition) is 3. The van der Waals surface area contributed by atoms with E-state index in [-0.39, 0.29) is 0 Å². The van der Waals surface area contributed by atoms with Crippen LogP contribution in [0.3, 0.4) is 0 Å². The molecule has 1 N–H and O–H groups in total. The molecule has 0 fully saturated rings. The van der Waals surface area contributed by atoms with E-state index in [1.165, 1.54) is 10.4 Å². The number of anilines is 1. The van der Waals surface area contributed by atoms with Crippen LogP contribution in [-0.2, 0) is 6.54 Å². The number of hydrogen-bond donors (Lipinski definition) is 1. The molecule has 4 heteroatoms. The first kappa shape index (κ1) is 16.3. The molecule has 114 valence electrons. The Morgan fingerprint density at radius 3 is 2.76 bits per heavy atom. The summed E-state index contributed by atoms with van der Waals surface area (Å²) in [6.07, 6.45) is 1.15. The van der Waals surface area contributed by atoms with Gasteiger partial charge in [-0.05, 0) is 49.0 Å². The van der Waals surface area contributed by atoms with Crippen molar-refractivity contribution >= 4 is 28.6 Å². The van der Waals surface area contributed by atoms with E-state index in [1.54, 1.807) is 11.3 Å². The predicted octanol–water partition coefficient (Wildman–Crippen LogP) is 5.10. The Labute approximate surface area is 136 Å². The first-order chi connectivity index (χ1) is 10.1. The molecule has 0 saturated heterocycles. The fourth-order valence-corrected chi connectivity index (χ4v) is 3.45. The molecule has 1 aromatic heterocycles. The second kappa shape index (κ2) is 7.83. The van der Waals surface area contributed by atoms with Crippen LogP contribution in [0.4, 0.5) is 5.69 Å². The minimum absolute atomic E-state index is 0.326. The predicted molar refractivity (Wildman–Crippen MR) is 94.6 cm³/mol. The fourth-order valence-electron chi connectivity index (χ4n) is 2.28. The normalized spacial score (nSPS) is 12.4. The molecule has 21 heavy (non-hydrogen) atoms. The molecule has 1 heterocycles. The molecule has 0 aliphatic rings. The zero-order valence-corrected chi connectivity index (χ0v) is 14.5. The van der Waals surface area contributed by atoms with E-state index in [4.69, 9.17) is 11.6 Å². The van der Waals surface area contributed by atoms with Crippen molar-refractivity contribution in [2.75, 3.05) is 18.5 Å². The van der Waals surface area contributed by atoms with E-state index in [2.05, 4.69) is 66.8 Å². The smallest absolute Gasteiger partial charge is 0.0642 e. The third-order valence-corrected chi connectivity index (χ3v) is 5.03. The van der Waals surface area contributed by atoms with Gasteiger partial charge < -0.3 is 10.2 Å². The average Bonchev–Trinajstić information content (AvgIpc) is 3.00. The molecule has 2 rings (SSSR count). The Balaban J connectivity index is 2.09. The van der Waals surface area contributed by atoms with E-state index in [9.17, 15) is 0 Å². The maximum Gasteiger partial charge on any atom is 0.0642 e. The highest BCUT2D eigenvalue weighted by Crippen LogP contribution is 2.33. The zero-order valence-electron chi connectivity index (χ0n) is 12.9. The summed E-state index contributed by atoms with van der Waals surface area (Å²) < 4.78 is 0. The van der Waals surface area contributed by atoms with Crippen LogP contribution in [-0.4, -0.2) is 13.6 Å². The SMILES string of the molecule is CCCNCc1ccc(N(C)C(C)c2cccs2)c(Cl)c1. The summed E-state index contributed by atoms with van der Waals surface area (Å²) in [7, 11) is 2.10. The van der Waals surface area contributed by atoms with Crippen LogP contribution in [0.25, 0.3) is 0 Å². The van der Waals surface area contributed by atoms with Crippen molar-refractivity contribution in [2.45, 2.75) is 32.9 Å². The first-order valence-corrected chi connectivity index (χ1v) is 8.64. The van der Waals surface area contributed by atoms with E-state index >= 15 is 0 Å². The maximum atomic E-state index is 6.48. The molecule has 2 nitrogen and oxygen atoms in total. The summed E-state index contributed by atoms with van der Waals surface area (Å²) in [5, 5.41) is 6.33. The number of nitrogens with zero attached hydrogens (tertiary/aromatic N) is 1. The van der Waals surface area contributed by atoms with Gasteiger partial charge in [0.1, 0.15) is 0 Å². The van der Waals surface area contributed by atoms with Gasteiger partial charge in [0.15, 0.2) is 0 Å². The molecule has 0 spiro atoms. The molecule has 0 aliphatic heterocycles. The van der Waals surface area contributed by atoms with E-state index in [1.807, 2.05) is 0 Å². The summed E-state index contributed by atoms with van der Waals surface area (Å²) in [5.74, 6) is 0. The number of nitrogens with one attached hydrogen (secondary N) is 1. The van der Waals surface area contributed by atoms with Crippen molar-refractivity contribution in [3.63, 3.8) is 0 Å². The Morgan fingerprint density at radius 2 is 2.14 bits per heavy atom. The van der Waals surface area contributed by atoms with E-state index in [0.717, 1.165) is 30.2 Å². The molecule has 0 amide bonds. The lowest BCUT2D eigenvalue weighted by Gasteiger charge is -2.27. The molecule has 0 saturated carbocycles. The lowest BCUT2D eigenvalue weighted by molar-refractivity contribution is 0.675. The number of thiophene rings is 1. The molecule has 2 aromatic rings. The van der Waals surface area contributed by atoms with Crippen LogP contribution in [0.5, 0.6) is 0 Å². The van der Waals surface area contributed by atoms with Gasteiger partial charge in [-0.1, -0.05) is 30.7 Å². The number of benzene rings is 1. The van der Waals surface area contributed by atoms with Gasteiger partial charge in [0.25, 0.3) is 0 Å². The van der Waals surface area contributed by atoms with Crippen LogP contribution in [0.2, 0.25) is 5.02 Å². The van der Waals surface area contributed by atoms with Gasteiger partial charge in [-0.2, -0.15) is 0 Å². The molecule has 0 bridgehead atoms. The summed E-state index contributed by atoms with van der Waals surface area (Å²) in [6, 6.07) is 10.9. The van der Waals surface area contributed by atoms with E-state index in [0.29, 0.717) is 6.04 Å². The lowest BCUT2D eigenvalue weighted by atomic mass is 10.1. The van der Waals surface area contributed by atoms with E-state index < -0.39 is 0 Å². The van der Waals surface area contributed by atoms with Crippen LogP contribution < -0.4 is 10.2 Å². The van der Waals surface area contributed by atoms with Crippen LogP contribution >= 0.6 is 22.9 Å². The van der Waals surface area contributed by atoms with Crippen molar-refractivity contribution in [3.8, 4) is 0 Å². The minimum atomic E-state index is 0.326. The third kappa shape index (κ3) is 4.22. The molecule has 1 aromatic carbocycles. The van der Waals surface area contributed by atoms with Crippen LogP contribution in [0, 0.1) is 0 Å². The summed E-state index contributed by atoms with van der Waals surface area (Å²) >= 11 is 8.26. The summed E-state index contributed by atoms with van der Waals surface area (Å²) in [4.78, 5) is 3.58. The molecule has 1 atom stereocenters. The highest BCUT2D eigenvalue weighted by molar-refractivity contribution is 7.10. The van der Waals surface area contributed by atoms with Gasteiger partial charge in [0, 0.05) is 18.5 Å². The molecule has 0 radical (unpaired) electrons. The van der Waals surface area contributed by atoms with Crippen molar-refractivity contribution in [3.05, 3.63) is 51.2 Å². The Kier molecular flexibility index (Phi) is 6.09. The van der Waals surface area contributed by atoms with Gasteiger partial charge in [0.05, 0.1) is 16.8 Å². The van der Waals surface area contributed by atoms with Gasteiger partial charge in [0.2, 0.25) is 0 Å². The van der Waals surface area contributed by atoms with Gasteiger partial charge in [-0.15, -0.1) is 11.3 Å². The second-order valence-electron chi connectivity index (χ2n) is 5.26. The average molecular weight is 323 g/mol. The summed E-state index contributed by atoms with van der Waals surface area (Å²) in [6.45, 7) is 6.29.